The van der Waals surface area contributed by atoms with Crippen molar-refractivity contribution in [2.45, 2.75) is 58.4 Å². The first-order chi connectivity index (χ1) is 11.1. The summed E-state index contributed by atoms with van der Waals surface area (Å²) in [7, 11) is 2.04. The Bertz CT molecular complexity index is 472. The third kappa shape index (κ3) is 5.51. The minimum absolute atomic E-state index is 0.133. The highest BCUT2D eigenvalue weighted by molar-refractivity contribution is 5.54. The van der Waals surface area contributed by atoms with Crippen LogP contribution in [-0.4, -0.2) is 30.2 Å². The fourth-order valence-corrected chi connectivity index (χ4v) is 3.40. The average molecular weight is 316 g/mol. The number of aliphatic imine (C=N–C) groups is 1. The molecule has 1 aliphatic carbocycles. The molecule has 1 aliphatic rings. The molecular weight excluding hydrogens is 282 g/mol. The van der Waals surface area contributed by atoms with Gasteiger partial charge in [-0.15, -0.1) is 0 Å². The van der Waals surface area contributed by atoms with Crippen molar-refractivity contribution in [1.82, 2.24) is 10.2 Å². The smallest absolute Gasteiger partial charge is 0.0569 e. The molecule has 1 N–H and O–H groups in total. The molecule has 0 bridgehead atoms. The minimum Gasteiger partial charge on any atom is -0.341 e. The lowest BCUT2D eigenvalue weighted by atomic mass is 9.79. The molecule has 3 nitrogen and oxygen atoms in total. The summed E-state index contributed by atoms with van der Waals surface area (Å²) in [5, 5.41) is 3.41. The van der Waals surface area contributed by atoms with E-state index in [4.69, 9.17) is 0 Å². The van der Waals surface area contributed by atoms with Gasteiger partial charge in [-0.05, 0) is 58.4 Å². The monoisotopic (exact) mass is 315 g/mol. The van der Waals surface area contributed by atoms with Crippen molar-refractivity contribution in [3.05, 3.63) is 48.5 Å². The highest BCUT2D eigenvalue weighted by Crippen LogP contribution is 2.36. The quantitative estimate of drug-likeness (QED) is 0.514. The van der Waals surface area contributed by atoms with Crippen molar-refractivity contribution in [2.75, 3.05) is 13.6 Å². The summed E-state index contributed by atoms with van der Waals surface area (Å²) in [6.07, 6.45) is 18.5. The van der Waals surface area contributed by atoms with Gasteiger partial charge in [-0.1, -0.05) is 31.9 Å². The fraction of sp³-hybridized carbons (Fsp3) is 0.550. The number of nitrogens with one attached hydrogen (secondary N) is 1. The Morgan fingerprint density at radius 2 is 1.96 bits per heavy atom. The van der Waals surface area contributed by atoms with E-state index in [1.54, 1.807) is 6.21 Å². The van der Waals surface area contributed by atoms with Gasteiger partial charge < -0.3 is 10.2 Å². The maximum atomic E-state index is 4.22. The summed E-state index contributed by atoms with van der Waals surface area (Å²) in [4.78, 5) is 6.64. The lowest BCUT2D eigenvalue weighted by molar-refractivity contribution is 0.130. The molecular formula is C20H33N3. The summed E-state index contributed by atoms with van der Waals surface area (Å²) in [6, 6.07) is 0. The van der Waals surface area contributed by atoms with E-state index < -0.39 is 0 Å². The first-order valence-corrected chi connectivity index (χ1v) is 8.69. The lowest BCUT2D eigenvalue weighted by Crippen LogP contribution is -2.52. The minimum atomic E-state index is 0.133. The van der Waals surface area contributed by atoms with Crippen LogP contribution in [0.5, 0.6) is 0 Å². The highest BCUT2D eigenvalue weighted by Gasteiger charge is 2.36. The predicted molar refractivity (Wildman–Crippen MR) is 103 cm³/mol. The molecule has 0 aromatic rings. The number of nitrogens with zero attached hydrogens (tertiary/aromatic N) is 2. The SMILES string of the molecule is C=C/C(=C/C(C)=C/N=CC)N(C=CC)C1(CNC)CCCCC1. The Balaban J connectivity index is 3.23. The second kappa shape index (κ2) is 10.2. The van der Waals surface area contributed by atoms with E-state index in [1.165, 1.54) is 32.1 Å². The highest BCUT2D eigenvalue weighted by atomic mass is 15.2. The van der Waals surface area contributed by atoms with Crippen LogP contribution >= 0.6 is 0 Å². The maximum Gasteiger partial charge on any atom is 0.0569 e. The third-order valence-corrected chi connectivity index (χ3v) is 4.39. The van der Waals surface area contributed by atoms with Gasteiger partial charge in [0.2, 0.25) is 0 Å². The number of hydrogen-bond donors (Lipinski definition) is 1. The van der Waals surface area contributed by atoms with E-state index in [1.807, 2.05) is 26.2 Å². The molecule has 0 aromatic heterocycles. The summed E-state index contributed by atoms with van der Waals surface area (Å²) in [6.45, 7) is 11.1. The van der Waals surface area contributed by atoms with Gasteiger partial charge in [0, 0.05) is 30.9 Å². The van der Waals surface area contributed by atoms with Crippen LogP contribution in [0.4, 0.5) is 0 Å². The van der Waals surface area contributed by atoms with E-state index in [0.717, 1.165) is 17.8 Å². The topological polar surface area (TPSA) is 27.6 Å². The van der Waals surface area contributed by atoms with Crippen molar-refractivity contribution in [3.63, 3.8) is 0 Å². The lowest BCUT2D eigenvalue weighted by Gasteiger charge is -2.47. The van der Waals surface area contributed by atoms with Gasteiger partial charge in [-0.25, -0.2) is 0 Å². The van der Waals surface area contributed by atoms with Gasteiger partial charge in [0.1, 0.15) is 0 Å². The van der Waals surface area contributed by atoms with Gasteiger partial charge in [0.05, 0.1) is 5.54 Å². The van der Waals surface area contributed by atoms with Crippen LogP contribution < -0.4 is 5.32 Å². The molecule has 1 fully saturated rings. The largest absolute Gasteiger partial charge is 0.341 e. The molecule has 0 atom stereocenters. The molecule has 1 rings (SSSR count). The molecule has 0 saturated heterocycles. The van der Waals surface area contributed by atoms with Crippen LogP contribution in [0.1, 0.15) is 52.9 Å². The number of likely N-dealkylation sites (N-methyl/N-ethyl adjacent to an activating group) is 1. The van der Waals surface area contributed by atoms with Crippen molar-refractivity contribution in [2.24, 2.45) is 4.99 Å². The molecule has 128 valence electrons. The molecule has 0 aromatic carbocycles. The molecule has 0 aliphatic heterocycles. The summed E-state index contributed by atoms with van der Waals surface area (Å²) in [5.74, 6) is 0. The molecule has 23 heavy (non-hydrogen) atoms. The normalized spacial score (nSPS) is 19.5. The Morgan fingerprint density at radius 3 is 2.48 bits per heavy atom. The van der Waals surface area contributed by atoms with Gasteiger partial charge in [-0.2, -0.15) is 0 Å². The van der Waals surface area contributed by atoms with Gasteiger partial charge in [-0.3, -0.25) is 4.99 Å². The Hall–Kier alpha value is -1.61. The molecule has 0 amide bonds. The van der Waals surface area contributed by atoms with Gasteiger partial charge in [0.15, 0.2) is 0 Å². The van der Waals surface area contributed by atoms with Crippen LogP contribution in [-0.2, 0) is 0 Å². The molecule has 1 saturated carbocycles. The second-order valence-corrected chi connectivity index (χ2v) is 6.22. The van der Waals surface area contributed by atoms with E-state index in [9.17, 15) is 0 Å². The number of allylic oxidation sites excluding steroid dienone is 4. The van der Waals surface area contributed by atoms with Crippen molar-refractivity contribution in [1.29, 1.82) is 0 Å². The van der Waals surface area contributed by atoms with Crippen LogP contribution in [0, 0.1) is 0 Å². The molecule has 3 heteroatoms. The Morgan fingerprint density at radius 1 is 1.26 bits per heavy atom. The van der Waals surface area contributed by atoms with E-state index in [0.29, 0.717) is 0 Å². The van der Waals surface area contributed by atoms with Crippen LogP contribution in [0.15, 0.2) is 53.5 Å². The van der Waals surface area contributed by atoms with E-state index in [2.05, 4.69) is 54.0 Å². The van der Waals surface area contributed by atoms with Crippen LogP contribution in [0.3, 0.4) is 0 Å². The van der Waals surface area contributed by atoms with Crippen molar-refractivity contribution >= 4 is 6.21 Å². The zero-order chi connectivity index (χ0) is 17.1. The van der Waals surface area contributed by atoms with Crippen LogP contribution in [0.2, 0.25) is 0 Å². The average Bonchev–Trinajstić information content (AvgIpc) is 2.57. The number of hydrogen-bond acceptors (Lipinski definition) is 3. The number of rotatable bonds is 8. The third-order valence-electron chi connectivity index (χ3n) is 4.39. The Labute approximate surface area is 142 Å². The standard InChI is InChI=1S/C20H33N3/c1-6-14-23(19(7-2)15-18(4)16-22-8-3)20(17-21-5)12-10-9-11-13-20/h6-8,14-16,21H,2,9-13,17H2,1,3-5H3/b14-6?,18-16+,19-15-,22-8?. The first kappa shape index (κ1) is 19.4. The van der Waals surface area contributed by atoms with Crippen LogP contribution in [0.25, 0.3) is 0 Å². The maximum absolute atomic E-state index is 4.22. The van der Waals surface area contributed by atoms with Crippen molar-refractivity contribution < 1.29 is 0 Å². The first-order valence-electron chi connectivity index (χ1n) is 8.69. The second-order valence-electron chi connectivity index (χ2n) is 6.22. The summed E-state index contributed by atoms with van der Waals surface area (Å²) in [5.41, 5.74) is 2.40. The van der Waals surface area contributed by atoms with Crippen molar-refractivity contribution in [3.8, 4) is 0 Å². The molecule has 0 unspecified atom stereocenters. The zero-order valence-corrected chi connectivity index (χ0v) is 15.3. The van der Waals surface area contributed by atoms with E-state index in [-0.39, 0.29) is 5.54 Å². The molecule has 0 radical (unpaired) electrons. The zero-order valence-electron chi connectivity index (χ0n) is 15.3. The molecule has 0 spiro atoms. The Kier molecular flexibility index (Phi) is 8.64. The van der Waals surface area contributed by atoms with Gasteiger partial charge in [0.25, 0.3) is 0 Å². The fourth-order valence-electron chi connectivity index (χ4n) is 3.40. The summed E-state index contributed by atoms with van der Waals surface area (Å²) < 4.78 is 0. The van der Waals surface area contributed by atoms with Gasteiger partial charge >= 0.3 is 0 Å². The predicted octanol–water partition coefficient (Wildman–Crippen LogP) is 4.81. The summed E-state index contributed by atoms with van der Waals surface area (Å²) >= 11 is 0. The van der Waals surface area contributed by atoms with E-state index >= 15 is 0 Å². The molecule has 0 heterocycles.